The lowest BCUT2D eigenvalue weighted by Gasteiger charge is -2.32. The van der Waals surface area contributed by atoms with Crippen LogP contribution in [0.2, 0.25) is 0 Å². The van der Waals surface area contributed by atoms with E-state index in [1.807, 2.05) is 56.2 Å². The molecule has 0 bridgehead atoms. The Hall–Kier alpha value is -5.38. The van der Waals surface area contributed by atoms with Crippen LogP contribution in [-0.2, 0) is 60.1 Å². The fraction of sp³-hybridized carbons (Fsp3) is 0.400. The van der Waals surface area contributed by atoms with Crippen LogP contribution in [0.3, 0.4) is 0 Å². The Kier molecular flexibility index (Phi) is 27.0. The molecule has 482 valence electrons. The van der Waals surface area contributed by atoms with Gasteiger partial charge in [-0.2, -0.15) is 0 Å². The van der Waals surface area contributed by atoms with Gasteiger partial charge in [0.1, 0.15) is 0 Å². The molecule has 88 heavy (non-hydrogen) atoms. The van der Waals surface area contributed by atoms with Crippen LogP contribution in [0.1, 0.15) is 33.4 Å². The molecule has 0 aliphatic carbocycles. The predicted molar refractivity (Wildman–Crippen MR) is 344 cm³/mol. The molecule has 6 aromatic rings. The summed E-state index contributed by atoms with van der Waals surface area (Å²) in [6.45, 7) is 13.3. The van der Waals surface area contributed by atoms with E-state index in [0.29, 0.717) is 0 Å². The second-order valence-corrected chi connectivity index (χ2v) is 32.2. The number of hydrogen-bond donors (Lipinski definition) is 6. The number of nitrogens with one attached hydrogen (secondary N) is 6. The monoisotopic (exact) mass is 1330 g/mol. The summed E-state index contributed by atoms with van der Waals surface area (Å²) in [7, 11) is -23.7. The quantitative estimate of drug-likeness (QED) is 0.0319. The molecule has 6 rings (SSSR count). The van der Waals surface area contributed by atoms with Crippen molar-refractivity contribution in [1.82, 2.24) is 47.9 Å². The maximum absolute atomic E-state index is 13.5. The van der Waals surface area contributed by atoms with Gasteiger partial charge in [0, 0.05) is 118 Å². The molecule has 0 aliphatic heterocycles. The van der Waals surface area contributed by atoms with Gasteiger partial charge in [-0.1, -0.05) is 106 Å². The first kappa shape index (κ1) is 71.7. The molecule has 0 saturated heterocycles. The standard InChI is InChI=1S/C60H84N10O12S6/c1-49-7-19-55(20-8-49)83(71,72)61-31-37-67(38-32-62-84(73,74)56-21-9-50(2)10-22-56)43-46-70(47-44-68(39-33-63-85(75,76)57-23-11-51(3)12-24-57)40-34-64-86(77,78)58-25-13-52(4)14-26-58)48-45-69(41-35-65-87(79,80)59-27-15-53(5)16-28-59)42-36-66-88(81,82)60-29-17-54(6)18-30-60/h7-30,61-66H,31-48H2,1-6H3. The molecule has 0 amide bonds. The molecule has 28 heteroatoms. The summed E-state index contributed by atoms with van der Waals surface area (Å²) in [5.41, 5.74) is 5.28. The van der Waals surface area contributed by atoms with E-state index in [4.69, 9.17) is 0 Å². The fourth-order valence-corrected chi connectivity index (χ4v) is 15.1. The van der Waals surface area contributed by atoms with Gasteiger partial charge in [-0.05, 0) is 114 Å². The molecule has 0 unspecified atom stereocenters. The summed E-state index contributed by atoms with van der Waals surface area (Å²) in [6, 6.07) is 38.4. The predicted octanol–water partition coefficient (Wildman–Crippen LogP) is 3.92. The van der Waals surface area contributed by atoms with Crippen molar-refractivity contribution in [2.24, 2.45) is 0 Å². The Morgan fingerprint density at radius 1 is 0.205 bits per heavy atom. The zero-order valence-corrected chi connectivity index (χ0v) is 55.6. The van der Waals surface area contributed by atoms with E-state index in [1.165, 1.54) is 72.8 Å². The van der Waals surface area contributed by atoms with Crippen LogP contribution >= 0.6 is 0 Å². The Labute approximate surface area is 522 Å². The smallest absolute Gasteiger partial charge is 0.240 e. The zero-order chi connectivity index (χ0) is 64.2. The Balaban J connectivity index is 1.27. The first-order valence-corrected chi connectivity index (χ1v) is 37.7. The van der Waals surface area contributed by atoms with E-state index in [0.717, 1.165) is 33.4 Å². The summed E-state index contributed by atoms with van der Waals surface area (Å²) < 4.78 is 178. The van der Waals surface area contributed by atoms with Gasteiger partial charge in [-0.15, -0.1) is 0 Å². The number of aryl methyl sites for hydroxylation is 6. The van der Waals surface area contributed by atoms with E-state index in [1.54, 1.807) is 72.8 Å². The molecule has 0 fully saturated rings. The molecule has 0 radical (unpaired) electrons. The van der Waals surface area contributed by atoms with Crippen LogP contribution in [0.25, 0.3) is 0 Å². The fourth-order valence-electron chi connectivity index (χ4n) is 9.02. The number of sulfonamides is 6. The Morgan fingerprint density at radius 3 is 0.443 bits per heavy atom. The SMILES string of the molecule is Cc1ccc(S(=O)(=O)NCCN(CCNS(=O)(=O)c2ccc(C)cc2)CCN(CCN(CCNS(=O)(=O)c2ccc(C)cc2)CCNS(=O)(=O)c2ccc(C)cc2)CCN(CCNS(=O)(=O)c2ccc(C)cc2)CCNS(=O)(=O)c2ccc(C)cc2)cc1. The van der Waals surface area contributed by atoms with Crippen LogP contribution in [0.15, 0.2) is 175 Å². The molecule has 6 N–H and O–H groups in total. The Bertz CT molecular complexity index is 3220. The normalized spacial score (nSPS) is 12.9. The van der Waals surface area contributed by atoms with Crippen molar-refractivity contribution in [2.45, 2.75) is 70.9 Å². The highest BCUT2D eigenvalue weighted by atomic mass is 32.2. The van der Waals surface area contributed by atoms with Crippen LogP contribution in [0.5, 0.6) is 0 Å². The summed E-state index contributed by atoms with van der Waals surface area (Å²) in [5.74, 6) is 0. The van der Waals surface area contributed by atoms with Crippen LogP contribution in [0, 0.1) is 41.5 Å². The maximum Gasteiger partial charge on any atom is 0.240 e. The van der Waals surface area contributed by atoms with Gasteiger partial charge >= 0.3 is 0 Å². The molecule has 0 heterocycles. The first-order valence-electron chi connectivity index (χ1n) is 28.8. The number of rotatable bonds is 39. The molecule has 6 aromatic carbocycles. The number of hydrogen-bond acceptors (Lipinski definition) is 16. The van der Waals surface area contributed by atoms with Gasteiger partial charge in [0.25, 0.3) is 0 Å². The van der Waals surface area contributed by atoms with Crippen molar-refractivity contribution >= 4 is 60.1 Å². The maximum atomic E-state index is 13.5. The second kappa shape index (κ2) is 33.1. The lowest BCUT2D eigenvalue weighted by Crippen LogP contribution is -2.48. The molecular weight excluding hydrogens is 1250 g/mol. The van der Waals surface area contributed by atoms with Gasteiger partial charge in [-0.25, -0.2) is 78.8 Å². The molecular formula is C60H84N10O12S6. The van der Waals surface area contributed by atoms with Crippen LogP contribution in [-0.4, -0.2) is 188 Å². The third-order valence-corrected chi connectivity index (χ3v) is 23.4. The molecule has 0 atom stereocenters. The summed E-state index contributed by atoms with van der Waals surface area (Å²) >= 11 is 0. The molecule has 0 aromatic heterocycles. The van der Waals surface area contributed by atoms with E-state index < -0.39 is 60.1 Å². The minimum atomic E-state index is -3.94. The third-order valence-electron chi connectivity index (χ3n) is 14.5. The minimum absolute atomic E-state index is 0.0452. The summed E-state index contributed by atoms with van der Waals surface area (Å²) in [6.07, 6.45) is 0. The molecule has 0 aliphatic rings. The van der Waals surface area contributed by atoms with Crippen molar-refractivity contribution in [3.05, 3.63) is 179 Å². The van der Waals surface area contributed by atoms with Crippen molar-refractivity contribution in [2.75, 3.05) is 118 Å². The van der Waals surface area contributed by atoms with Crippen molar-refractivity contribution in [1.29, 1.82) is 0 Å². The number of nitrogens with zero attached hydrogens (tertiary/aromatic N) is 4. The van der Waals surface area contributed by atoms with Crippen LogP contribution in [0.4, 0.5) is 0 Å². The Morgan fingerprint density at radius 2 is 0.318 bits per heavy atom. The van der Waals surface area contributed by atoms with Gasteiger partial charge in [0.2, 0.25) is 60.1 Å². The van der Waals surface area contributed by atoms with E-state index in [-0.39, 0.29) is 147 Å². The highest BCUT2D eigenvalue weighted by Crippen LogP contribution is 2.16. The highest BCUT2D eigenvalue weighted by Gasteiger charge is 2.23. The van der Waals surface area contributed by atoms with Crippen LogP contribution < -0.4 is 28.3 Å². The zero-order valence-electron chi connectivity index (χ0n) is 50.7. The van der Waals surface area contributed by atoms with Gasteiger partial charge in [-0.3, -0.25) is 19.6 Å². The van der Waals surface area contributed by atoms with Gasteiger partial charge < -0.3 is 0 Å². The van der Waals surface area contributed by atoms with Crippen molar-refractivity contribution in [3.63, 3.8) is 0 Å². The van der Waals surface area contributed by atoms with E-state index >= 15 is 0 Å². The summed E-state index contributed by atoms with van der Waals surface area (Å²) in [4.78, 5) is 8.28. The lowest BCUT2D eigenvalue weighted by atomic mass is 10.2. The summed E-state index contributed by atoms with van der Waals surface area (Å²) in [5, 5.41) is 0. The third kappa shape index (κ3) is 23.5. The second-order valence-electron chi connectivity index (χ2n) is 21.6. The largest absolute Gasteiger partial charge is 0.300 e. The molecule has 0 spiro atoms. The topological polar surface area (TPSA) is 290 Å². The van der Waals surface area contributed by atoms with E-state index in [9.17, 15) is 50.5 Å². The van der Waals surface area contributed by atoms with Crippen molar-refractivity contribution < 1.29 is 50.5 Å². The molecule has 22 nitrogen and oxygen atoms in total. The first-order chi connectivity index (χ1) is 41.5. The van der Waals surface area contributed by atoms with E-state index in [2.05, 4.69) is 33.2 Å². The lowest BCUT2D eigenvalue weighted by molar-refractivity contribution is 0.158. The highest BCUT2D eigenvalue weighted by molar-refractivity contribution is 7.90. The van der Waals surface area contributed by atoms with Crippen molar-refractivity contribution in [3.8, 4) is 0 Å². The van der Waals surface area contributed by atoms with Gasteiger partial charge in [0.05, 0.1) is 29.4 Å². The molecule has 0 saturated carbocycles. The average Bonchev–Trinajstić information content (AvgIpc) is 3.26. The van der Waals surface area contributed by atoms with Gasteiger partial charge in [0.15, 0.2) is 0 Å². The average molecular weight is 1330 g/mol. The minimum Gasteiger partial charge on any atom is -0.300 e. The number of benzene rings is 6.